The quantitative estimate of drug-likeness (QED) is 0.742. The van der Waals surface area contributed by atoms with Crippen molar-refractivity contribution >= 4 is 5.69 Å². The van der Waals surface area contributed by atoms with Crippen molar-refractivity contribution in [2.75, 3.05) is 5.73 Å². The number of rotatable bonds is 1. The smallest absolute Gasteiger partial charge is 0.0827 e. The molecule has 3 heteroatoms. The number of hydrogen-bond acceptors (Lipinski definition) is 2. The van der Waals surface area contributed by atoms with Crippen LogP contribution >= 0.6 is 0 Å². The minimum Gasteiger partial charge on any atom is -0.396 e. The van der Waals surface area contributed by atoms with Crippen LogP contribution in [0.4, 0.5) is 5.69 Å². The van der Waals surface area contributed by atoms with E-state index in [-0.39, 0.29) is 0 Å². The van der Waals surface area contributed by atoms with Gasteiger partial charge < -0.3 is 5.73 Å². The summed E-state index contributed by atoms with van der Waals surface area (Å²) < 4.78 is 1.80. The highest BCUT2D eigenvalue weighted by molar-refractivity contribution is 5.44. The molecule has 0 spiro atoms. The summed E-state index contributed by atoms with van der Waals surface area (Å²) in [5, 5.41) is 4.30. The molecule has 2 N–H and O–H groups in total. The third kappa shape index (κ3) is 1.48. The zero-order chi connectivity index (χ0) is 10.1. The SMILES string of the molecule is Cc1ccc(-n2cc(N)c(C)n2)cc1. The summed E-state index contributed by atoms with van der Waals surface area (Å²) in [5.74, 6) is 0. The third-order valence-electron chi connectivity index (χ3n) is 2.24. The first-order chi connectivity index (χ1) is 6.66. The van der Waals surface area contributed by atoms with Gasteiger partial charge in [-0.2, -0.15) is 5.10 Å². The molecule has 0 amide bonds. The number of nitrogens with two attached hydrogens (primary N) is 1. The van der Waals surface area contributed by atoms with Gasteiger partial charge >= 0.3 is 0 Å². The fraction of sp³-hybridized carbons (Fsp3) is 0.182. The molecule has 14 heavy (non-hydrogen) atoms. The molecule has 2 rings (SSSR count). The second-order valence-electron chi connectivity index (χ2n) is 3.45. The third-order valence-corrected chi connectivity index (χ3v) is 2.24. The monoisotopic (exact) mass is 187 g/mol. The van der Waals surface area contributed by atoms with E-state index in [1.54, 1.807) is 4.68 Å². The van der Waals surface area contributed by atoms with Gasteiger partial charge in [0.15, 0.2) is 0 Å². The Kier molecular flexibility index (Phi) is 2.00. The van der Waals surface area contributed by atoms with Crippen LogP contribution < -0.4 is 5.73 Å². The fourth-order valence-corrected chi connectivity index (χ4v) is 1.30. The van der Waals surface area contributed by atoms with Gasteiger partial charge in [-0.3, -0.25) is 0 Å². The van der Waals surface area contributed by atoms with E-state index < -0.39 is 0 Å². The first kappa shape index (κ1) is 8.81. The second-order valence-corrected chi connectivity index (χ2v) is 3.45. The summed E-state index contributed by atoms with van der Waals surface area (Å²) in [6, 6.07) is 8.17. The lowest BCUT2D eigenvalue weighted by Gasteiger charge is -2.00. The molecular weight excluding hydrogens is 174 g/mol. The molecule has 0 bridgehead atoms. The summed E-state index contributed by atoms with van der Waals surface area (Å²) in [4.78, 5) is 0. The number of aromatic nitrogens is 2. The average Bonchev–Trinajstić information content (AvgIpc) is 2.48. The first-order valence-corrected chi connectivity index (χ1v) is 4.55. The van der Waals surface area contributed by atoms with Crippen LogP contribution in [0.1, 0.15) is 11.3 Å². The second kappa shape index (κ2) is 3.18. The lowest BCUT2D eigenvalue weighted by molar-refractivity contribution is 0.862. The van der Waals surface area contributed by atoms with E-state index in [0.29, 0.717) is 0 Å². The van der Waals surface area contributed by atoms with Crippen LogP contribution in [-0.2, 0) is 0 Å². The minimum atomic E-state index is 0.727. The van der Waals surface area contributed by atoms with Crippen LogP contribution in [0.5, 0.6) is 0 Å². The molecule has 0 unspecified atom stereocenters. The highest BCUT2D eigenvalue weighted by atomic mass is 15.3. The average molecular weight is 187 g/mol. The Hall–Kier alpha value is -1.77. The number of nitrogen functional groups attached to an aromatic ring is 1. The lowest BCUT2D eigenvalue weighted by Crippen LogP contribution is -1.94. The Morgan fingerprint density at radius 2 is 1.79 bits per heavy atom. The molecule has 0 saturated heterocycles. The molecule has 0 aliphatic heterocycles. The Morgan fingerprint density at radius 1 is 1.14 bits per heavy atom. The minimum absolute atomic E-state index is 0.727. The maximum absolute atomic E-state index is 5.72. The predicted octanol–water partition coefficient (Wildman–Crippen LogP) is 2.07. The number of benzene rings is 1. The van der Waals surface area contributed by atoms with E-state index in [0.717, 1.165) is 17.1 Å². The fourth-order valence-electron chi connectivity index (χ4n) is 1.30. The highest BCUT2D eigenvalue weighted by Crippen LogP contribution is 2.13. The van der Waals surface area contributed by atoms with Crippen molar-refractivity contribution in [3.63, 3.8) is 0 Å². The number of anilines is 1. The van der Waals surface area contributed by atoms with Crippen LogP contribution in [-0.4, -0.2) is 9.78 Å². The summed E-state index contributed by atoms with van der Waals surface area (Å²) in [5.41, 5.74) is 9.60. The van der Waals surface area contributed by atoms with Crippen molar-refractivity contribution in [2.24, 2.45) is 0 Å². The maximum Gasteiger partial charge on any atom is 0.0827 e. The van der Waals surface area contributed by atoms with Gasteiger partial charge in [0, 0.05) is 0 Å². The van der Waals surface area contributed by atoms with Gasteiger partial charge in [-0.1, -0.05) is 17.7 Å². The summed E-state index contributed by atoms with van der Waals surface area (Å²) in [6.45, 7) is 3.96. The van der Waals surface area contributed by atoms with Crippen molar-refractivity contribution in [1.82, 2.24) is 9.78 Å². The molecule has 72 valence electrons. The normalized spacial score (nSPS) is 10.4. The largest absolute Gasteiger partial charge is 0.396 e. The van der Waals surface area contributed by atoms with E-state index >= 15 is 0 Å². The van der Waals surface area contributed by atoms with Gasteiger partial charge in [-0.25, -0.2) is 4.68 Å². The van der Waals surface area contributed by atoms with E-state index in [2.05, 4.69) is 24.2 Å². The molecule has 0 atom stereocenters. The van der Waals surface area contributed by atoms with E-state index in [9.17, 15) is 0 Å². The predicted molar refractivity (Wildman–Crippen MR) is 57.5 cm³/mol. The molecular formula is C11H13N3. The molecule has 0 radical (unpaired) electrons. The first-order valence-electron chi connectivity index (χ1n) is 4.55. The molecule has 0 saturated carbocycles. The van der Waals surface area contributed by atoms with Crippen molar-refractivity contribution in [3.05, 3.63) is 41.7 Å². The molecule has 1 aromatic carbocycles. The lowest BCUT2D eigenvalue weighted by atomic mass is 10.2. The molecule has 0 aliphatic rings. The van der Waals surface area contributed by atoms with Crippen molar-refractivity contribution in [1.29, 1.82) is 0 Å². The van der Waals surface area contributed by atoms with Gasteiger partial charge in [0.2, 0.25) is 0 Å². The molecule has 0 aliphatic carbocycles. The van der Waals surface area contributed by atoms with Crippen molar-refractivity contribution < 1.29 is 0 Å². The van der Waals surface area contributed by atoms with Gasteiger partial charge in [0.05, 0.1) is 23.3 Å². The molecule has 0 fully saturated rings. The summed E-state index contributed by atoms with van der Waals surface area (Å²) in [6.07, 6.45) is 1.83. The van der Waals surface area contributed by atoms with Crippen LogP contribution in [0.25, 0.3) is 5.69 Å². The Balaban J connectivity index is 2.44. The number of nitrogens with zero attached hydrogens (tertiary/aromatic N) is 2. The van der Waals surface area contributed by atoms with Crippen LogP contribution in [0, 0.1) is 13.8 Å². The summed E-state index contributed by atoms with van der Waals surface area (Å²) in [7, 11) is 0. The van der Waals surface area contributed by atoms with Gasteiger partial charge in [-0.15, -0.1) is 0 Å². The summed E-state index contributed by atoms with van der Waals surface area (Å²) >= 11 is 0. The molecule has 2 aromatic rings. The number of hydrogen-bond donors (Lipinski definition) is 1. The van der Waals surface area contributed by atoms with Crippen LogP contribution in [0.15, 0.2) is 30.5 Å². The van der Waals surface area contributed by atoms with Crippen molar-refractivity contribution in [2.45, 2.75) is 13.8 Å². The van der Waals surface area contributed by atoms with E-state index in [1.807, 2.05) is 25.3 Å². The Morgan fingerprint density at radius 3 is 2.29 bits per heavy atom. The maximum atomic E-state index is 5.72. The Bertz CT molecular complexity index is 421. The molecule has 3 nitrogen and oxygen atoms in total. The van der Waals surface area contributed by atoms with E-state index in [4.69, 9.17) is 5.73 Å². The van der Waals surface area contributed by atoms with Gasteiger partial charge in [-0.05, 0) is 26.0 Å². The number of aryl methyl sites for hydroxylation is 2. The van der Waals surface area contributed by atoms with Gasteiger partial charge in [0.25, 0.3) is 0 Å². The zero-order valence-corrected chi connectivity index (χ0v) is 8.36. The van der Waals surface area contributed by atoms with E-state index in [1.165, 1.54) is 5.56 Å². The van der Waals surface area contributed by atoms with Gasteiger partial charge in [0.1, 0.15) is 0 Å². The molecule has 1 heterocycles. The highest BCUT2D eigenvalue weighted by Gasteiger charge is 2.01. The van der Waals surface area contributed by atoms with Crippen LogP contribution in [0.2, 0.25) is 0 Å². The standard InChI is InChI=1S/C11H13N3/c1-8-3-5-10(6-4-8)14-7-11(12)9(2)13-14/h3-7H,12H2,1-2H3. The zero-order valence-electron chi connectivity index (χ0n) is 8.36. The van der Waals surface area contributed by atoms with Crippen LogP contribution in [0.3, 0.4) is 0 Å². The van der Waals surface area contributed by atoms with Crippen molar-refractivity contribution in [3.8, 4) is 5.69 Å². The topological polar surface area (TPSA) is 43.8 Å². The Labute approximate surface area is 83.2 Å². The molecule has 1 aromatic heterocycles.